The second kappa shape index (κ2) is 4.34. The molecule has 0 amide bonds. The zero-order valence-electron chi connectivity index (χ0n) is 7.39. The van der Waals surface area contributed by atoms with E-state index in [0.29, 0.717) is 13.0 Å². The van der Waals surface area contributed by atoms with Crippen molar-refractivity contribution < 1.29 is 14.6 Å². The zero-order valence-corrected chi connectivity index (χ0v) is 7.39. The monoisotopic (exact) mass is 160 g/mol. The predicted octanol–water partition coefficient (Wildman–Crippen LogP) is 0.958. The number of aliphatic hydroxyl groups is 1. The van der Waals surface area contributed by atoms with Gasteiger partial charge in [-0.15, -0.1) is 0 Å². The van der Waals surface area contributed by atoms with E-state index in [-0.39, 0.29) is 18.0 Å². The third-order valence-electron chi connectivity index (χ3n) is 1.51. The highest BCUT2D eigenvalue weighted by atomic mass is 16.5. The fourth-order valence-corrected chi connectivity index (χ4v) is 0.550. The van der Waals surface area contributed by atoms with E-state index in [1.54, 1.807) is 0 Å². The minimum Gasteiger partial charge on any atom is -0.466 e. The third-order valence-corrected chi connectivity index (χ3v) is 1.51. The van der Waals surface area contributed by atoms with Crippen LogP contribution in [0.4, 0.5) is 0 Å². The Morgan fingerprint density at radius 1 is 1.55 bits per heavy atom. The van der Waals surface area contributed by atoms with Gasteiger partial charge in [0.25, 0.3) is 0 Å². The molecule has 0 bridgehead atoms. The van der Waals surface area contributed by atoms with Gasteiger partial charge in [0, 0.05) is 13.5 Å². The Labute approximate surface area is 67.4 Å². The zero-order chi connectivity index (χ0) is 8.91. The van der Waals surface area contributed by atoms with Gasteiger partial charge in [-0.05, 0) is 11.8 Å². The van der Waals surface area contributed by atoms with Crippen molar-refractivity contribution in [3.05, 3.63) is 0 Å². The van der Waals surface area contributed by atoms with Crippen LogP contribution in [0.25, 0.3) is 0 Å². The molecule has 0 aromatic rings. The molecule has 0 saturated carbocycles. The van der Waals surface area contributed by atoms with Crippen LogP contribution < -0.4 is 0 Å². The summed E-state index contributed by atoms with van der Waals surface area (Å²) in [5.41, 5.74) is -0.143. The first-order valence-corrected chi connectivity index (χ1v) is 3.72. The summed E-state index contributed by atoms with van der Waals surface area (Å²) in [4.78, 5) is 10.3. The second-order valence-corrected chi connectivity index (χ2v) is 3.41. The first-order valence-electron chi connectivity index (χ1n) is 3.72. The summed E-state index contributed by atoms with van der Waals surface area (Å²) in [6.07, 6.45) is 0.698. The number of aliphatic hydroxyl groups excluding tert-OH is 1. The highest BCUT2D eigenvalue weighted by Crippen LogP contribution is 2.18. The lowest BCUT2D eigenvalue weighted by atomic mass is 9.91. The lowest BCUT2D eigenvalue weighted by molar-refractivity contribution is -0.141. The van der Waals surface area contributed by atoms with E-state index in [9.17, 15) is 4.79 Å². The summed E-state index contributed by atoms with van der Waals surface area (Å²) in [5.74, 6) is -0.265. The van der Waals surface area contributed by atoms with Gasteiger partial charge < -0.3 is 9.84 Å². The molecular formula is C8H16O3. The van der Waals surface area contributed by atoms with Gasteiger partial charge in [-0.3, -0.25) is 4.79 Å². The van der Waals surface area contributed by atoms with Gasteiger partial charge in [0.1, 0.15) is 0 Å². The van der Waals surface area contributed by atoms with Gasteiger partial charge in [0.15, 0.2) is 0 Å². The van der Waals surface area contributed by atoms with Crippen molar-refractivity contribution in [1.82, 2.24) is 0 Å². The first kappa shape index (κ1) is 10.4. The van der Waals surface area contributed by atoms with Crippen LogP contribution in [0.3, 0.4) is 0 Å². The Morgan fingerprint density at radius 3 is 2.45 bits per heavy atom. The summed E-state index contributed by atoms with van der Waals surface area (Å²) >= 11 is 0. The molecule has 0 aliphatic heterocycles. The van der Waals surface area contributed by atoms with Crippen molar-refractivity contribution >= 4 is 5.97 Å². The Hall–Kier alpha value is -0.570. The van der Waals surface area contributed by atoms with E-state index >= 15 is 0 Å². The maximum atomic E-state index is 10.3. The molecular weight excluding hydrogens is 144 g/mol. The molecule has 0 atom stereocenters. The highest BCUT2D eigenvalue weighted by Gasteiger charge is 2.16. The SMILES string of the molecule is CC(=O)OCCC(C)(C)CO. The molecule has 3 nitrogen and oxygen atoms in total. The Balaban J connectivity index is 3.45. The average molecular weight is 160 g/mol. The van der Waals surface area contributed by atoms with Crippen LogP contribution in [0.5, 0.6) is 0 Å². The number of carbonyl (C=O) groups is 1. The van der Waals surface area contributed by atoms with Crippen LogP contribution in [-0.4, -0.2) is 24.3 Å². The maximum absolute atomic E-state index is 10.3. The molecule has 0 heterocycles. The molecule has 0 aliphatic rings. The first-order chi connectivity index (χ1) is 4.98. The molecule has 0 rings (SSSR count). The van der Waals surface area contributed by atoms with Gasteiger partial charge in [-0.1, -0.05) is 13.8 Å². The van der Waals surface area contributed by atoms with Gasteiger partial charge in [-0.25, -0.2) is 0 Å². The van der Waals surface area contributed by atoms with Crippen LogP contribution in [0.1, 0.15) is 27.2 Å². The highest BCUT2D eigenvalue weighted by molar-refractivity contribution is 5.65. The van der Waals surface area contributed by atoms with Crippen molar-refractivity contribution in [2.75, 3.05) is 13.2 Å². The number of hydrogen-bond acceptors (Lipinski definition) is 3. The van der Waals surface area contributed by atoms with Gasteiger partial charge in [0.05, 0.1) is 6.61 Å². The molecule has 0 saturated heterocycles. The molecule has 11 heavy (non-hydrogen) atoms. The standard InChI is InChI=1S/C8H16O3/c1-7(10)11-5-4-8(2,3)6-9/h9H,4-6H2,1-3H3. The minimum absolute atomic E-state index is 0.119. The minimum atomic E-state index is -0.265. The molecule has 0 aromatic carbocycles. The van der Waals surface area contributed by atoms with Crippen LogP contribution >= 0.6 is 0 Å². The molecule has 66 valence electrons. The lowest BCUT2D eigenvalue weighted by Crippen LogP contribution is -2.19. The number of hydrogen-bond donors (Lipinski definition) is 1. The van der Waals surface area contributed by atoms with Gasteiger partial charge >= 0.3 is 5.97 Å². The second-order valence-electron chi connectivity index (χ2n) is 3.41. The van der Waals surface area contributed by atoms with Gasteiger partial charge in [0.2, 0.25) is 0 Å². The number of carbonyl (C=O) groups excluding carboxylic acids is 1. The van der Waals surface area contributed by atoms with E-state index in [0.717, 1.165) is 0 Å². The summed E-state index contributed by atoms with van der Waals surface area (Å²) in [7, 11) is 0. The van der Waals surface area contributed by atoms with E-state index in [4.69, 9.17) is 9.84 Å². The molecule has 0 unspecified atom stereocenters. The average Bonchev–Trinajstić information content (AvgIpc) is 1.87. The topological polar surface area (TPSA) is 46.5 Å². The lowest BCUT2D eigenvalue weighted by Gasteiger charge is -2.20. The number of rotatable bonds is 4. The molecule has 0 spiro atoms. The summed E-state index contributed by atoms with van der Waals surface area (Å²) in [5, 5.41) is 8.82. The summed E-state index contributed by atoms with van der Waals surface area (Å²) in [6.45, 7) is 5.75. The molecule has 0 radical (unpaired) electrons. The molecule has 1 N–H and O–H groups in total. The number of ether oxygens (including phenoxy) is 1. The van der Waals surface area contributed by atoms with E-state index in [1.807, 2.05) is 13.8 Å². The van der Waals surface area contributed by atoms with Crippen LogP contribution in [0.2, 0.25) is 0 Å². The van der Waals surface area contributed by atoms with E-state index < -0.39 is 0 Å². The molecule has 0 fully saturated rings. The fourth-order valence-electron chi connectivity index (χ4n) is 0.550. The summed E-state index contributed by atoms with van der Waals surface area (Å²) < 4.78 is 4.73. The fraction of sp³-hybridized carbons (Fsp3) is 0.875. The van der Waals surface area contributed by atoms with Crippen molar-refractivity contribution in [3.63, 3.8) is 0 Å². The normalized spacial score (nSPS) is 11.3. The Kier molecular flexibility index (Phi) is 4.11. The van der Waals surface area contributed by atoms with Crippen molar-refractivity contribution in [3.8, 4) is 0 Å². The van der Waals surface area contributed by atoms with Crippen LogP contribution in [0.15, 0.2) is 0 Å². The van der Waals surface area contributed by atoms with Crippen LogP contribution in [-0.2, 0) is 9.53 Å². The predicted molar refractivity (Wildman–Crippen MR) is 42.1 cm³/mol. The smallest absolute Gasteiger partial charge is 0.302 e. The van der Waals surface area contributed by atoms with E-state index in [2.05, 4.69) is 0 Å². The third kappa shape index (κ3) is 5.85. The quantitative estimate of drug-likeness (QED) is 0.623. The molecule has 0 aromatic heterocycles. The molecule has 0 aliphatic carbocycles. The van der Waals surface area contributed by atoms with Crippen molar-refractivity contribution in [2.24, 2.45) is 5.41 Å². The van der Waals surface area contributed by atoms with Crippen molar-refractivity contribution in [2.45, 2.75) is 27.2 Å². The van der Waals surface area contributed by atoms with Gasteiger partial charge in [-0.2, -0.15) is 0 Å². The largest absolute Gasteiger partial charge is 0.466 e. The number of esters is 1. The van der Waals surface area contributed by atoms with E-state index in [1.165, 1.54) is 6.92 Å². The van der Waals surface area contributed by atoms with Crippen LogP contribution in [0, 0.1) is 5.41 Å². The molecule has 3 heteroatoms. The van der Waals surface area contributed by atoms with Crippen molar-refractivity contribution in [1.29, 1.82) is 0 Å². The Bertz CT molecular complexity index is 129. The Morgan fingerprint density at radius 2 is 2.09 bits per heavy atom. The summed E-state index contributed by atoms with van der Waals surface area (Å²) in [6, 6.07) is 0. The maximum Gasteiger partial charge on any atom is 0.302 e.